The molecule has 3 nitrogen and oxygen atoms in total. The van der Waals surface area contributed by atoms with Crippen molar-refractivity contribution in [3.05, 3.63) is 69.1 Å². The average Bonchev–Trinajstić information content (AvgIpc) is 2.35. The molecule has 0 fully saturated rings. The van der Waals surface area contributed by atoms with Gasteiger partial charge in [0.25, 0.3) is 5.56 Å². The molecule has 2 rings (SSSR count). The van der Waals surface area contributed by atoms with Gasteiger partial charge in [0.15, 0.2) is 0 Å². The van der Waals surface area contributed by atoms with Gasteiger partial charge in [-0.05, 0) is 29.3 Å². The van der Waals surface area contributed by atoms with E-state index in [1.807, 2.05) is 12.1 Å². The fourth-order valence-electron chi connectivity index (χ4n) is 1.58. The van der Waals surface area contributed by atoms with Crippen molar-refractivity contribution in [2.45, 2.75) is 13.2 Å². The molecule has 0 aliphatic carbocycles. The second-order valence-electron chi connectivity index (χ2n) is 3.79. The highest BCUT2D eigenvalue weighted by molar-refractivity contribution is 6.30. The maximum absolute atomic E-state index is 11.6. The van der Waals surface area contributed by atoms with Crippen molar-refractivity contribution >= 4 is 11.6 Å². The van der Waals surface area contributed by atoms with Crippen molar-refractivity contribution in [1.82, 2.24) is 4.57 Å². The highest BCUT2D eigenvalue weighted by atomic mass is 35.5. The summed E-state index contributed by atoms with van der Waals surface area (Å²) in [6.07, 6.45) is 1.66. The lowest BCUT2D eigenvalue weighted by molar-refractivity contribution is 0.280. The van der Waals surface area contributed by atoms with Crippen LogP contribution in [0.2, 0.25) is 5.02 Å². The van der Waals surface area contributed by atoms with Crippen molar-refractivity contribution in [1.29, 1.82) is 0 Å². The number of hydrogen-bond acceptors (Lipinski definition) is 2. The third-order valence-corrected chi connectivity index (χ3v) is 2.75. The number of benzene rings is 1. The first-order chi connectivity index (χ1) is 8.19. The van der Waals surface area contributed by atoms with E-state index >= 15 is 0 Å². The van der Waals surface area contributed by atoms with Crippen LogP contribution in [0.25, 0.3) is 0 Å². The van der Waals surface area contributed by atoms with E-state index in [-0.39, 0.29) is 12.2 Å². The zero-order valence-electron chi connectivity index (χ0n) is 9.14. The lowest BCUT2D eigenvalue weighted by Crippen LogP contribution is -2.19. The van der Waals surface area contributed by atoms with Gasteiger partial charge in [-0.1, -0.05) is 23.7 Å². The van der Waals surface area contributed by atoms with E-state index < -0.39 is 0 Å². The molecule has 0 aliphatic heterocycles. The lowest BCUT2D eigenvalue weighted by Gasteiger charge is -2.07. The monoisotopic (exact) mass is 249 g/mol. The zero-order valence-corrected chi connectivity index (χ0v) is 9.89. The van der Waals surface area contributed by atoms with E-state index in [4.69, 9.17) is 16.7 Å². The fraction of sp³-hybridized carbons (Fsp3) is 0.154. The van der Waals surface area contributed by atoms with Crippen molar-refractivity contribution < 1.29 is 5.11 Å². The van der Waals surface area contributed by atoms with Gasteiger partial charge in [-0.3, -0.25) is 4.79 Å². The molecule has 0 amide bonds. The molecule has 88 valence electrons. The van der Waals surface area contributed by atoms with Crippen LogP contribution in [-0.4, -0.2) is 9.67 Å². The van der Waals surface area contributed by atoms with E-state index in [1.165, 1.54) is 6.07 Å². The molecular weight excluding hydrogens is 238 g/mol. The number of hydrogen-bond donors (Lipinski definition) is 1. The Hall–Kier alpha value is -1.58. The number of aliphatic hydroxyl groups excluding tert-OH is 1. The molecule has 1 aromatic heterocycles. The maximum Gasteiger partial charge on any atom is 0.250 e. The minimum atomic E-state index is -0.0860. The summed E-state index contributed by atoms with van der Waals surface area (Å²) >= 11 is 5.79. The van der Waals surface area contributed by atoms with Gasteiger partial charge in [-0.15, -0.1) is 0 Å². The van der Waals surface area contributed by atoms with Gasteiger partial charge in [-0.25, -0.2) is 0 Å². The van der Waals surface area contributed by atoms with Crippen molar-refractivity contribution in [3.63, 3.8) is 0 Å². The second-order valence-corrected chi connectivity index (χ2v) is 4.22. The normalized spacial score (nSPS) is 10.5. The first-order valence-corrected chi connectivity index (χ1v) is 5.61. The molecule has 0 atom stereocenters. The van der Waals surface area contributed by atoms with Gasteiger partial charge >= 0.3 is 0 Å². The van der Waals surface area contributed by atoms with Crippen molar-refractivity contribution in [2.24, 2.45) is 0 Å². The minimum Gasteiger partial charge on any atom is -0.392 e. The summed E-state index contributed by atoms with van der Waals surface area (Å²) in [7, 11) is 0. The Bertz CT molecular complexity index is 560. The molecule has 0 saturated heterocycles. The number of halogens is 1. The standard InChI is InChI=1S/C13H12ClNO2/c14-12-4-1-10(2-5-12)7-15-8-11(9-16)3-6-13(15)17/h1-6,8,16H,7,9H2. The fourth-order valence-corrected chi connectivity index (χ4v) is 1.71. The topological polar surface area (TPSA) is 42.2 Å². The first-order valence-electron chi connectivity index (χ1n) is 5.24. The van der Waals surface area contributed by atoms with Gasteiger partial charge in [0.1, 0.15) is 0 Å². The van der Waals surface area contributed by atoms with Gasteiger partial charge in [-0.2, -0.15) is 0 Å². The molecule has 1 heterocycles. The molecule has 4 heteroatoms. The van der Waals surface area contributed by atoms with Gasteiger partial charge in [0.2, 0.25) is 0 Å². The molecule has 0 bridgehead atoms. The van der Waals surface area contributed by atoms with Crippen LogP contribution >= 0.6 is 11.6 Å². The van der Waals surface area contributed by atoms with Crippen LogP contribution in [0.1, 0.15) is 11.1 Å². The third-order valence-electron chi connectivity index (χ3n) is 2.49. The molecule has 0 aliphatic rings. The molecule has 0 unspecified atom stereocenters. The quantitative estimate of drug-likeness (QED) is 0.905. The number of pyridine rings is 1. The van der Waals surface area contributed by atoms with E-state index in [1.54, 1.807) is 29.0 Å². The Kier molecular flexibility index (Phi) is 3.61. The highest BCUT2D eigenvalue weighted by Gasteiger charge is 2.00. The number of nitrogens with zero attached hydrogens (tertiary/aromatic N) is 1. The number of aliphatic hydroxyl groups is 1. The average molecular weight is 250 g/mol. The van der Waals surface area contributed by atoms with Crippen LogP contribution in [0.4, 0.5) is 0 Å². The summed E-state index contributed by atoms with van der Waals surface area (Å²) < 4.78 is 1.56. The van der Waals surface area contributed by atoms with Gasteiger partial charge in [0.05, 0.1) is 13.2 Å². The summed E-state index contributed by atoms with van der Waals surface area (Å²) in [5.41, 5.74) is 1.63. The Labute approximate surface area is 104 Å². The van der Waals surface area contributed by atoms with Gasteiger partial charge in [0, 0.05) is 17.3 Å². The molecule has 2 aromatic rings. The maximum atomic E-state index is 11.6. The molecule has 1 aromatic carbocycles. The highest BCUT2D eigenvalue weighted by Crippen LogP contribution is 2.10. The van der Waals surface area contributed by atoms with Crippen LogP contribution in [0.15, 0.2) is 47.4 Å². The van der Waals surface area contributed by atoms with E-state index in [9.17, 15) is 4.79 Å². The first kappa shape index (κ1) is 11.9. The third kappa shape index (κ3) is 2.96. The smallest absolute Gasteiger partial charge is 0.250 e. The van der Waals surface area contributed by atoms with Crippen LogP contribution < -0.4 is 5.56 Å². The Morgan fingerprint density at radius 3 is 2.35 bits per heavy atom. The summed E-state index contributed by atoms with van der Waals surface area (Å²) in [4.78, 5) is 11.6. The number of rotatable bonds is 3. The van der Waals surface area contributed by atoms with E-state index in [2.05, 4.69) is 0 Å². The molecule has 0 saturated carbocycles. The second kappa shape index (κ2) is 5.17. The van der Waals surface area contributed by atoms with E-state index in [0.29, 0.717) is 11.6 Å². The summed E-state index contributed by atoms with van der Waals surface area (Å²) in [5, 5.41) is 9.69. The Morgan fingerprint density at radius 1 is 1.06 bits per heavy atom. The van der Waals surface area contributed by atoms with Crippen LogP contribution in [0.3, 0.4) is 0 Å². The molecular formula is C13H12ClNO2. The largest absolute Gasteiger partial charge is 0.392 e. The Morgan fingerprint density at radius 2 is 1.71 bits per heavy atom. The summed E-state index contributed by atoms with van der Waals surface area (Å²) in [6.45, 7) is 0.407. The predicted octanol–water partition coefficient (Wildman–Crippen LogP) is 2.04. The van der Waals surface area contributed by atoms with Crippen LogP contribution in [0.5, 0.6) is 0 Å². The summed E-state index contributed by atoms with van der Waals surface area (Å²) in [6, 6.07) is 10.4. The SMILES string of the molecule is O=c1ccc(CO)cn1Cc1ccc(Cl)cc1. The lowest BCUT2D eigenvalue weighted by atomic mass is 10.2. The van der Waals surface area contributed by atoms with Crippen LogP contribution in [-0.2, 0) is 13.2 Å². The van der Waals surface area contributed by atoms with Crippen LogP contribution in [0, 0.1) is 0 Å². The molecule has 1 N–H and O–H groups in total. The number of aromatic nitrogens is 1. The molecule has 17 heavy (non-hydrogen) atoms. The molecule has 0 radical (unpaired) electrons. The van der Waals surface area contributed by atoms with Crippen molar-refractivity contribution in [3.8, 4) is 0 Å². The van der Waals surface area contributed by atoms with E-state index in [0.717, 1.165) is 11.1 Å². The van der Waals surface area contributed by atoms with Gasteiger partial charge < -0.3 is 9.67 Å². The summed E-state index contributed by atoms with van der Waals surface area (Å²) in [5.74, 6) is 0. The Balaban J connectivity index is 2.29. The molecule has 0 spiro atoms. The predicted molar refractivity (Wildman–Crippen MR) is 67.2 cm³/mol. The minimum absolute atomic E-state index is 0.0686. The van der Waals surface area contributed by atoms with Crippen molar-refractivity contribution in [2.75, 3.05) is 0 Å². The zero-order chi connectivity index (χ0) is 12.3.